The average molecular weight is 141 g/mol. The molecule has 0 radical (unpaired) electrons. The van der Waals surface area contributed by atoms with Crippen LogP contribution < -0.4 is 5.32 Å². The molecule has 0 aliphatic heterocycles. The lowest BCUT2D eigenvalue weighted by Crippen LogP contribution is -2.27. The Bertz CT molecular complexity index is 96.9. The first kappa shape index (κ1) is 9.54. The predicted octanol–water partition coefficient (Wildman–Crippen LogP) is 2.54. The molecule has 0 fully saturated rings. The zero-order valence-corrected chi connectivity index (χ0v) is 7.52. The summed E-state index contributed by atoms with van der Waals surface area (Å²) in [6.07, 6.45) is 5.28. The van der Waals surface area contributed by atoms with E-state index in [0.717, 1.165) is 5.92 Å². The van der Waals surface area contributed by atoms with Gasteiger partial charge in [0.15, 0.2) is 0 Å². The summed E-state index contributed by atoms with van der Waals surface area (Å²) in [5, 5.41) is 3.30. The lowest BCUT2D eigenvalue weighted by Gasteiger charge is -2.17. The number of hydrogen-bond acceptors (Lipinski definition) is 1. The molecule has 0 aliphatic carbocycles. The second-order valence-electron chi connectivity index (χ2n) is 2.84. The number of nitrogens with one attached hydrogen (secondary N) is 1. The zero-order chi connectivity index (χ0) is 7.98. The van der Waals surface area contributed by atoms with Crippen LogP contribution in [-0.2, 0) is 0 Å². The first-order valence-electron chi connectivity index (χ1n) is 4.09. The van der Waals surface area contributed by atoms with Crippen molar-refractivity contribution in [2.24, 2.45) is 5.92 Å². The molecule has 0 aliphatic rings. The predicted molar refractivity (Wildman–Crippen MR) is 46.9 cm³/mol. The largest absolute Gasteiger partial charge is 0.388 e. The normalized spacial score (nSPS) is 17.2. The van der Waals surface area contributed by atoms with E-state index in [2.05, 4.69) is 26.1 Å². The van der Waals surface area contributed by atoms with Crippen LogP contribution in [0.2, 0.25) is 0 Å². The van der Waals surface area contributed by atoms with Crippen LogP contribution in [0, 0.1) is 5.92 Å². The van der Waals surface area contributed by atoms with Crippen LogP contribution in [0.5, 0.6) is 0 Å². The highest BCUT2D eigenvalue weighted by Crippen LogP contribution is 2.05. The summed E-state index contributed by atoms with van der Waals surface area (Å²) in [7, 11) is 0. The minimum absolute atomic E-state index is 0.598. The van der Waals surface area contributed by atoms with Crippen molar-refractivity contribution in [2.45, 2.75) is 40.2 Å². The summed E-state index contributed by atoms with van der Waals surface area (Å²) < 4.78 is 0. The summed E-state index contributed by atoms with van der Waals surface area (Å²) in [5.74, 6) is 0.760. The lowest BCUT2D eigenvalue weighted by atomic mass is 10.0. The molecule has 0 heterocycles. The van der Waals surface area contributed by atoms with Gasteiger partial charge in [0.05, 0.1) is 0 Å². The quantitative estimate of drug-likeness (QED) is 0.634. The Hall–Kier alpha value is -0.460. The molecule has 0 rings (SSSR count). The first-order chi connectivity index (χ1) is 4.72. The molecule has 0 aromatic carbocycles. The molecule has 0 saturated heterocycles. The molecule has 0 spiro atoms. The molecular weight excluding hydrogens is 122 g/mol. The smallest absolute Gasteiger partial charge is 0.0252 e. The Morgan fingerprint density at radius 1 is 1.40 bits per heavy atom. The zero-order valence-electron chi connectivity index (χ0n) is 7.52. The van der Waals surface area contributed by atoms with Crippen LogP contribution in [0.4, 0.5) is 0 Å². The second-order valence-corrected chi connectivity index (χ2v) is 2.84. The highest BCUT2D eigenvalue weighted by Gasteiger charge is 2.05. The van der Waals surface area contributed by atoms with Crippen molar-refractivity contribution in [1.82, 2.24) is 5.32 Å². The van der Waals surface area contributed by atoms with Gasteiger partial charge in [0.2, 0.25) is 0 Å². The van der Waals surface area contributed by atoms with Gasteiger partial charge in [-0.15, -0.1) is 0 Å². The molecule has 60 valence electrons. The number of rotatable bonds is 4. The molecule has 0 saturated carbocycles. The minimum Gasteiger partial charge on any atom is -0.388 e. The van der Waals surface area contributed by atoms with E-state index in [1.54, 1.807) is 0 Å². The molecule has 0 aromatic rings. The Kier molecular flexibility index (Phi) is 5.09. The van der Waals surface area contributed by atoms with Gasteiger partial charge >= 0.3 is 0 Å². The highest BCUT2D eigenvalue weighted by atomic mass is 14.9. The number of allylic oxidation sites excluding steroid dienone is 1. The third-order valence-electron chi connectivity index (χ3n) is 2.02. The van der Waals surface area contributed by atoms with Crippen molar-refractivity contribution in [3.8, 4) is 0 Å². The summed E-state index contributed by atoms with van der Waals surface area (Å²) in [5.41, 5.74) is 0. The molecular formula is C9H19N. The van der Waals surface area contributed by atoms with Gasteiger partial charge in [-0.3, -0.25) is 0 Å². The van der Waals surface area contributed by atoms with Gasteiger partial charge in [-0.1, -0.05) is 26.3 Å². The van der Waals surface area contributed by atoms with E-state index >= 15 is 0 Å². The van der Waals surface area contributed by atoms with Crippen molar-refractivity contribution in [1.29, 1.82) is 0 Å². The Balaban J connectivity index is 3.50. The first-order valence-corrected chi connectivity index (χ1v) is 4.09. The maximum atomic E-state index is 3.30. The van der Waals surface area contributed by atoms with Gasteiger partial charge in [-0.25, -0.2) is 0 Å². The molecule has 1 N–H and O–H groups in total. The van der Waals surface area contributed by atoms with E-state index < -0.39 is 0 Å². The monoisotopic (exact) mass is 141 g/mol. The fourth-order valence-electron chi connectivity index (χ4n) is 0.766. The van der Waals surface area contributed by atoms with Crippen molar-refractivity contribution < 1.29 is 0 Å². The fraction of sp³-hybridized carbons (Fsp3) is 0.778. The molecule has 1 nitrogen and oxygen atoms in total. The van der Waals surface area contributed by atoms with Crippen LogP contribution in [0.15, 0.2) is 12.3 Å². The summed E-state index contributed by atoms with van der Waals surface area (Å²) in [6.45, 7) is 8.73. The minimum atomic E-state index is 0.598. The van der Waals surface area contributed by atoms with Crippen LogP contribution in [0.1, 0.15) is 34.1 Å². The van der Waals surface area contributed by atoms with Crippen molar-refractivity contribution in [2.75, 3.05) is 0 Å². The van der Waals surface area contributed by atoms with E-state index in [-0.39, 0.29) is 0 Å². The van der Waals surface area contributed by atoms with E-state index in [9.17, 15) is 0 Å². The molecule has 1 heteroatoms. The van der Waals surface area contributed by atoms with Crippen LogP contribution >= 0.6 is 0 Å². The second kappa shape index (κ2) is 5.33. The van der Waals surface area contributed by atoms with Crippen molar-refractivity contribution >= 4 is 0 Å². The summed E-state index contributed by atoms with van der Waals surface area (Å²) in [6, 6.07) is 0.598. The maximum Gasteiger partial charge on any atom is 0.0252 e. The van der Waals surface area contributed by atoms with Crippen molar-refractivity contribution in [3.05, 3.63) is 12.3 Å². The van der Waals surface area contributed by atoms with Crippen molar-refractivity contribution in [3.63, 3.8) is 0 Å². The van der Waals surface area contributed by atoms with Gasteiger partial charge in [-0.05, 0) is 26.0 Å². The molecule has 10 heavy (non-hydrogen) atoms. The number of hydrogen-bond donors (Lipinski definition) is 1. The standard InChI is InChI=1S/C9H19N/c1-5-7-10-9(4)8(3)6-2/h5,7-10H,6H2,1-4H3. The average Bonchev–Trinajstić information content (AvgIpc) is 1.98. The van der Waals surface area contributed by atoms with E-state index in [1.165, 1.54) is 6.42 Å². The molecule has 0 amide bonds. The Labute approximate surface area is 64.5 Å². The van der Waals surface area contributed by atoms with Gasteiger partial charge in [0, 0.05) is 6.04 Å². The highest BCUT2D eigenvalue weighted by molar-refractivity contribution is 4.79. The van der Waals surface area contributed by atoms with Gasteiger partial charge in [0.1, 0.15) is 0 Å². The molecule has 0 bridgehead atoms. The topological polar surface area (TPSA) is 12.0 Å². The third-order valence-corrected chi connectivity index (χ3v) is 2.02. The molecule has 2 unspecified atom stereocenters. The van der Waals surface area contributed by atoms with E-state index in [4.69, 9.17) is 0 Å². The SMILES string of the molecule is CC=CNC(C)C(C)CC. The third kappa shape index (κ3) is 3.54. The van der Waals surface area contributed by atoms with Crippen LogP contribution in [-0.4, -0.2) is 6.04 Å². The molecule has 0 aromatic heterocycles. The summed E-state index contributed by atoms with van der Waals surface area (Å²) >= 11 is 0. The van der Waals surface area contributed by atoms with E-state index in [1.807, 2.05) is 19.2 Å². The Morgan fingerprint density at radius 2 is 2.00 bits per heavy atom. The van der Waals surface area contributed by atoms with Gasteiger partial charge in [-0.2, -0.15) is 0 Å². The van der Waals surface area contributed by atoms with E-state index in [0.29, 0.717) is 6.04 Å². The summed E-state index contributed by atoms with van der Waals surface area (Å²) in [4.78, 5) is 0. The Morgan fingerprint density at radius 3 is 2.40 bits per heavy atom. The maximum absolute atomic E-state index is 3.30. The fourth-order valence-corrected chi connectivity index (χ4v) is 0.766. The van der Waals surface area contributed by atoms with Crippen LogP contribution in [0.25, 0.3) is 0 Å². The van der Waals surface area contributed by atoms with Gasteiger partial charge < -0.3 is 5.32 Å². The van der Waals surface area contributed by atoms with Crippen LogP contribution in [0.3, 0.4) is 0 Å². The lowest BCUT2D eigenvalue weighted by molar-refractivity contribution is 0.426. The molecule has 2 atom stereocenters. The van der Waals surface area contributed by atoms with Gasteiger partial charge in [0.25, 0.3) is 0 Å².